The van der Waals surface area contributed by atoms with Crippen molar-refractivity contribution in [2.75, 3.05) is 7.05 Å². The fraction of sp³-hybridized carbons (Fsp3) is 0.462. The van der Waals surface area contributed by atoms with Gasteiger partial charge in [0.2, 0.25) is 0 Å². The molecule has 0 aliphatic rings. The summed E-state index contributed by atoms with van der Waals surface area (Å²) in [5.74, 6) is -2.97. The Morgan fingerprint density at radius 2 is 0.747 bits per heavy atom. The molecule has 0 amide bonds. The summed E-state index contributed by atoms with van der Waals surface area (Å²) in [5, 5.41) is 51.6. The Morgan fingerprint density at radius 1 is 0.483 bits per heavy atom. The second-order valence-corrected chi connectivity index (χ2v) is 21.3. The number of carboxylic acid groups (broad SMARTS) is 4. The van der Waals surface area contributed by atoms with E-state index in [1.54, 1.807) is 107 Å². The zero-order valence-corrected chi connectivity index (χ0v) is 65.8. The van der Waals surface area contributed by atoms with Crippen LogP contribution in [0.3, 0.4) is 0 Å². The maximum Gasteiger partial charge on any atom is 0.321 e. The van der Waals surface area contributed by atoms with Crippen molar-refractivity contribution >= 4 is 150 Å². The number of aromatic nitrogens is 8. The molecule has 0 spiro atoms. The fourth-order valence-corrected chi connectivity index (χ4v) is 9.42. The molecule has 1 unspecified atom stereocenters. The number of carbonyl (C=O) groups is 4. The van der Waals surface area contributed by atoms with E-state index in [0.29, 0.717) is 36.0 Å². The number of alkyl halides is 2. The molecule has 8 rings (SSSR count). The molecule has 35 heteroatoms. The van der Waals surface area contributed by atoms with Crippen LogP contribution in [0.1, 0.15) is 119 Å². The molecule has 0 saturated carbocycles. The van der Waals surface area contributed by atoms with E-state index < -0.39 is 48.0 Å². The number of likely N-dealkylation sites (N-methyl/N-ethyl adjacent to an activating group) is 1. The van der Waals surface area contributed by atoms with Gasteiger partial charge in [0, 0.05) is 194 Å². The molecule has 0 fully saturated rings. The molecule has 10 N–H and O–H groups in total. The van der Waals surface area contributed by atoms with Gasteiger partial charge < -0.3 is 48.7 Å². The van der Waals surface area contributed by atoms with E-state index in [4.69, 9.17) is 66.6 Å². The summed E-state index contributed by atoms with van der Waals surface area (Å²) in [7, 11) is 1.63. The Hall–Kier alpha value is -0.0853. The Bertz CT molecular complexity index is 2450. The molecule has 8 aromatic heterocycles. The van der Waals surface area contributed by atoms with Gasteiger partial charge in [-0.15, -0.1) is 132 Å². The number of hydrogen-bond acceptors (Lipinski definition) is 22. The first-order valence-corrected chi connectivity index (χ1v) is 29.9. The molecule has 87 heavy (non-hydrogen) atoms. The third kappa shape index (κ3) is 61.8. The van der Waals surface area contributed by atoms with Gasteiger partial charge in [0.25, 0.3) is 11.9 Å². The van der Waals surface area contributed by atoms with Gasteiger partial charge in [0.05, 0.1) is 95.7 Å². The molecule has 8 aromatic rings. The van der Waals surface area contributed by atoms with E-state index in [2.05, 4.69) is 45.2 Å². The van der Waals surface area contributed by atoms with E-state index in [1.165, 1.54) is 45.3 Å². The Kier molecular flexibility index (Phi) is 92.3. The van der Waals surface area contributed by atoms with E-state index in [-0.39, 0.29) is 222 Å². The van der Waals surface area contributed by atoms with Crippen LogP contribution in [0.4, 0.5) is 0 Å². The van der Waals surface area contributed by atoms with Crippen molar-refractivity contribution in [2.45, 2.75) is 154 Å². The van der Waals surface area contributed by atoms with Crippen LogP contribution in [0.2, 0.25) is 0 Å². The summed E-state index contributed by atoms with van der Waals surface area (Å²) in [6, 6.07) is -3.54. The molecule has 4 atom stereocenters. The first-order valence-electron chi connectivity index (χ1n) is 21.2. The number of aliphatic carboxylic acids is 4. The molecular formula is C52H89Ac3Cl3N13O8S8-3. The molecule has 3 radical (unpaired) electrons. The van der Waals surface area contributed by atoms with Gasteiger partial charge in [0.1, 0.15) is 12.1 Å². The van der Waals surface area contributed by atoms with Gasteiger partial charge in [-0.05, 0) is 45.3 Å². The second-order valence-electron chi connectivity index (χ2n) is 15.0. The smallest absolute Gasteiger partial charge is 0.321 e. The molecule has 0 aliphatic heterocycles. The van der Waals surface area contributed by atoms with Crippen molar-refractivity contribution in [3.8, 4) is 0 Å². The number of carboxylic acids is 4. The summed E-state index contributed by atoms with van der Waals surface area (Å²) < 4.78 is 0. The standard InChI is InChI=1S/C7H10N2O2S.C7H11N2S.C6H8N2O2S.2C6H7N2O2S.2C4H4ClNS.C4H5NS.8CH4.3Ac.ClH/c1-8-6(7(10)11)2-5-3-12-4-9-5;1-7(2,8)3-6-4-10-5-9-6;3*7-5(6(9)10)1-4-2-11-3-8-4;2*5-1-4-2-7-3-6-4;1-4-2-6-3-5-4;;;;;;;;;;;;/h3-4,6,8H,2H2,1H3,(H,10,11);4-5,8H,3H2,1-2H3;2-3,5H,1,7H2,(H,9,10);2*2-3,5,7H,1H2,(H,9,10);2*2-3H,1H2;2-3H,1H3;8*1H4;;;;1H/q;-1;;2*-1;;;;;;;;;;;;;;;/t6-;;2*5-;;;;;;;;;;;;;;;;/m0.01................/s1. The number of aryl methyl sites for hydroxylation is 1. The SMILES string of the molecule is C.C.C.C.C.C.C.C.CC(C)([NH-])Cc1cscn1.CN[C@@H](Cc1cscn1)C(=O)O.Cc1cscn1.Cl.ClCc1cscn1.ClCc1cscn1.N[C@@H](Cc1cscn1)C(=O)O.[Ac].[Ac].[Ac].[NH-]C(Cc1cscn1)C(=O)O.[NH-][C@H](Cc1cscn1)C(=O)O. The summed E-state index contributed by atoms with van der Waals surface area (Å²) in [5.41, 5.74) is 47.4. The second kappa shape index (κ2) is 70.2. The molecule has 0 bridgehead atoms. The van der Waals surface area contributed by atoms with Crippen molar-refractivity contribution < 1.29 is 172 Å². The van der Waals surface area contributed by atoms with Gasteiger partial charge in [-0.1, -0.05) is 73.3 Å². The summed E-state index contributed by atoms with van der Waals surface area (Å²) in [6.07, 6.45) is 1.88. The first-order chi connectivity index (χ1) is 35.7. The molecule has 0 saturated heterocycles. The number of halogens is 3. The van der Waals surface area contributed by atoms with Crippen LogP contribution in [0, 0.1) is 139 Å². The van der Waals surface area contributed by atoms with Gasteiger partial charge in [-0.2, -0.15) is 0 Å². The number of hydrogen-bond donors (Lipinski definition) is 6. The van der Waals surface area contributed by atoms with Crippen LogP contribution < -0.4 is 11.1 Å². The van der Waals surface area contributed by atoms with Crippen LogP contribution in [0.15, 0.2) is 87.1 Å². The minimum atomic E-state index is -1.10. The largest absolute Gasteiger partial charge is 0.672 e. The number of nitrogens with one attached hydrogen (secondary N) is 4. The molecular weight excluding hydrogens is 1980 g/mol. The van der Waals surface area contributed by atoms with E-state index in [1.807, 2.05) is 53.2 Å². The van der Waals surface area contributed by atoms with Crippen LogP contribution in [-0.4, -0.2) is 121 Å². The monoisotopic (exact) mass is 2070 g/mol. The Morgan fingerprint density at radius 3 is 0.931 bits per heavy atom. The molecule has 491 valence electrons. The van der Waals surface area contributed by atoms with Crippen LogP contribution in [0.5, 0.6) is 0 Å². The minimum absolute atomic E-state index is 0. The zero-order chi connectivity index (χ0) is 56.0. The van der Waals surface area contributed by atoms with Crippen molar-refractivity contribution in [1.29, 1.82) is 0 Å². The predicted molar refractivity (Wildman–Crippen MR) is 366 cm³/mol. The number of rotatable bonds is 17. The average molecular weight is 2070 g/mol. The number of thiazole rings is 8. The third-order valence-electron chi connectivity index (χ3n) is 8.07. The normalized spacial score (nSPS) is 10.1. The van der Waals surface area contributed by atoms with Gasteiger partial charge in [-0.25, -0.2) is 34.9 Å². The van der Waals surface area contributed by atoms with Crippen LogP contribution in [0.25, 0.3) is 17.2 Å². The van der Waals surface area contributed by atoms with Crippen LogP contribution >= 0.6 is 126 Å². The third-order valence-corrected chi connectivity index (χ3v) is 13.8. The first kappa shape index (κ1) is 114. The predicted octanol–water partition coefficient (Wildman–Crippen LogP) is 16.1. The molecule has 8 heterocycles. The summed E-state index contributed by atoms with van der Waals surface area (Å²) in [6.45, 7) is 5.77. The van der Waals surface area contributed by atoms with E-state index in [0.717, 1.165) is 40.6 Å². The summed E-state index contributed by atoms with van der Waals surface area (Å²) in [4.78, 5) is 72.8. The number of nitrogens with zero attached hydrogens (tertiary/aromatic N) is 8. The Balaban J connectivity index is -0.0000000730. The molecule has 0 aliphatic carbocycles. The van der Waals surface area contributed by atoms with Gasteiger partial charge in [-0.3, -0.25) is 24.2 Å². The quantitative estimate of drug-likeness (QED) is 0.0461. The van der Waals surface area contributed by atoms with Crippen molar-refractivity contribution in [1.82, 2.24) is 45.2 Å². The van der Waals surface area contributed by atoms with Crippen molar-refractivity contribution in [3.63, 3.8) is 0 Å². The van der Waals surface area contributed by atoms with Gasteiger partial charge >= 0.3 is 11.9 Å². The molecule has 21 nitrogen and oxygen atoms in total. The van der Waals surface area contributed by atoms with Crippen LogP contribution in [-0.2, 0) is 63.0 Å². The fourth-order valence-electron chi connectivity index (χ4n) is 4.44. The Labute approximate surface area is 673 Å². The zero-order valence-electron chi connectivity index (χ0n) is 42.7. The topological polar surface area (TPSA) is 362 Å². The maximum atomic E-state index is 10.6. The maximum absolute atomic E-state index is 10.6. The van der Waals surface area contributed by atoms with Gasteiger partial charge in [0.15, 0.2) is 0 Å². The van der Waals surface area contributed by atoms with E-state index >= 15 is 0 Å². The van der Waals surface area contributed by atoms with Crippen molar-refractivity contribution in [2.24, 2.45) is 5.73 Å². The number of nitrogens with two attached hydrogens (primary N) is 1. The molecule has 0 aromatic carbocycles. The van der Waals surface area contributed by atoms with Crippen molar-refractivity contribution in [3.05, 3.63) is 150 Å². The summed E-state index contributed by atoms with van der Waals surface area (Å²) >= 11 is 22.9. The minimum Gasteiger partial charge on any atom is -0.672 e. The average Bonchev–Trinajstić information content (AvgIpc) is 4.21. The van der Waals surface area contributed by atoms with E-state index in [9.17, 15) is 19.2 Å².